The lowest BCUT2D eigenvalue weighted by molar-refractivity contribution is 0.302. The third kappa shape index (κ3) is 6.45. The van der Waals surface area contributed by atoms with Gasteiger partial charge in [0, 0.05) is 0 Å². The number of benzene rings is 1. The summed E-state index contributed by atoms with van der Waals surface area (Å²) >= 11 is 0. The van der Waals surface area contributed by atoms with Crippen molar-refractivity contribution in [2.24, 2.45) is 0 Å². The van der Waals surface area contributed by atoms with Crippen LogP contribution in [0, 0.1) is 0 Å². The Labute approximate surface area is 111 Å². The molecule has 0 aromatic heterocycles. The SMILES string of the molecule is C=Cc1ccc(OCCCCCCN(C)C)cc1. The fourth-order valence-electron chi connectivity index (χ4n) is 1.77. The molecule has 0 saturated carbocycles. The molecule has 0 saturated heterocycles. The van der Waals surface area contributed by atoms with Crippen LogP contribution >= 0.6 is 0 Å². The lowest BCUT2D eigenvalue weighted by atomic mass is 10.2. The summed E-state index contributed by atoms with van der Waals surface area (Å²) in [4.78, 5) is 2.23. The molecule has 1 rings (SSSR count). The molecule has 2 heteroatoms. The van der Waals surface area contributed by atoms with E-state index in [0.29, 0.717) is 0 Å². The van der Waals surface area contributed by atoms with Gasteiger partial charge in [0.1, 0.15) is 5.75 Å². The molecule has 1 aromatic carbocycles. The van der Waals surface area contributed by atoms with Gasteiger partial charge in [0.05, 0.1) is 6.61 Å². The highest BCUT2D eigenvalue weighted by molar-refractivity contribution is 5.48. The van der Waals surface area contributed by atoms with E-state index >= 15 is 0 Å². The van der Waals surface area contributed by atoms with Crippen LogP contribution in [-0.4, -0.2) is 32.1 Å². The molecule has 1 aromatic rings. The predicted molar refractivity (Wildman–Crippen MR) is 79.1 cm³/mol. The highest BCUT2D eigenvalue weighted by Gasteiger charge is 1.95. The lowest BCUT2D eigenvalue weighted by Crippen LogP contribution is -2.12. The Morgan fingerprint density at radius 1 is 1.06 bits per heavy atom. The van der Waals surface area contributed by atoms with E-state index in [2.05, 4.69) is 25.6 Å². The number of unbranched alkanes of at least 4 members (excludes halogenated alkanes) is 3. The molecule has 0 fully saturated rings. The van der Waals surface area contributed by atoms with Crippen molar-refractivity contribution >= 4 is 6.08 Å². The summed E-state index contributed by atoms with van der Waals surface area (Å²) in [7, 11) is 4.24. The highest BCUT2D eigenvalue weighted by Crippen LogP contribution is 2.13. The molecule has 0 aliphatic heterocycles. The average molecular weight is 247 g/mol. The van der Waals surface area contributed by atoms with Crippen molar-refractivity contribution < 1.29 is 4.74 Å². The first kappa shape index (κ1) is 14.8. The van der Waals surface area contributed by atoms with Crippen molar-refractivity contribution in [3.05, 3.63) is 36.4 Å². The van der Waals surface area contributed by atoms with Crippen LogP contribution in [0.1, 0.15) is 31.2 Å². The second kappa shape index (κ2) is 8.76. The van der Waals surface area contributed by atoms with Crippen LogP contribution in [0.2, 0.25) is 0 Å². The summed E-state index contributed by atoms with van der Waals surface area (Å²) in [6, 6.07) is 8.06. The molecule has 0 amide bonds. The fraction of sp³-hybridized carbons (Fsp3) is 0.500. The van der Waals surface area contributed by atoms with Gasteiger partial charge in [-0.1, -0.05) is 37.6 Å². The second-order valence-electron chi connectivity index (χ2n) is 4.84. The Morgan fingerprint density at radius 2 is 1.72 bits per heavy atom. The maximum absolute atomic E-state index is 5.69. The molecule has 0 aliphatic carbocycles. The van der Waals surface area contributed by atoms with Gasteiger partial charge in [0.2, 0.25) is 0 Å². The van der Waals surface area contributed by atoms with Crippen LogP contribution in [0.4, 0.5) is 0 Å². The Balaban J connectivity index is 2.05. The zero-order valence-electron chi connectivity index (χ0n) is 11.7. The zero-order chi connectivity index (χ0) is 13.2. The number of hydrogen-bond acceptors (Lipinski definition) is 2. The Kier molecular flexibility index (Phi) is 7.19. The third-order valence-corrected chi connectivity index (χ3v) is 2.88. The van der Waals surface area contributed by atoms with E-state index in [1.807, 2.05) is 30.3 Å². The van der Waals surface area contributed by atoms with E-state index in [1.54, 1.807) is 0 Å². The minimum Gasteiger partial charge on any atom is -0.494 e. The Bertz CT molecular complexity index is 329. The summed E-state index contributed by atoms with van der Waals surface area (Å²) < 4.78 is 5.69. The summed E-state index contributed by atoms with van der Waals surface area (Å²) in [6.07, 6.45) is 6.79. The Morgan fingerprint density at radius 3 is 2.33 bits per heavy atom. The smallest absolute Gasteiger partial charge is 0.119 e. The first-order valence-electron chi connectivity index (χ1n) is 6.72. The molecule has 0 N–H and O–H groups in total. The van der Waals surface area contributed by atoms with Gasteiger partial charge in [-0.25, -0.2) is 0 Å². The largest absolute Gasteiger partial charge is 0.494 e. The standard InChI is InChI=1S/C16H25NO/c1-4-15-9-11-16(12-10-15)18-14-8-6-5-7-13-17(2)3/h4,9-12H,1,5-8,13-14H2,2-3H3. The van der Waals surface area contributed by atoms with Crippen molar-refractivity contribution in [2.75, 3.05) is 27.2 Å². The number of hydrogen-bond donors (Lipinski definition) is 0. The molecule has 0 heterocycles. The molecule has 0 bridgehead atoms. The van der Waals surface area contributed by atoms with Crippen LogP contribution in [0.25, 0.3) is 6.08 Å². The number of rotatable bonds is 9. The third-order valence-electron chi connectivity index (χ3n) is 2.88. The molecular formula is C16H25NO. The molecule has 2 nitrogen and oxygen atoms in total. The molecule has 0 radical (unpaired) electrons. The van der Waals surface area contributed by atoms with E-state index < -0.39 is 0 Å². The average Bonchev–Trinajstić information content (AvgIpc) is 2.38. The normalized spacial score (nSPS) is 10.6. The fourth-order valence-corrected chi connectivity index (χ4v) is 1.77. The van der Waals surface area contributed by atoms with Crippen LogP contribution < -0.4 is 4.74 Å². The van der Waals surface area contributed by atoms with Crippen molar-refractivity contribution in [3.63, 3.8) is 0 Å². The molecule has 100 valence electrons. The number of nitrogens with zero attached hydrogens (tertiary/aromatic N) is 1. The first-order valence-corrected chi connectivity index (χ1v) is 6.72. The van der Waals surface area contributed by atoms with Gasteiger partial charge in [0.15, 0.2) is 0 Å². The van der Waals surface area contributed by atoms with Crippen LogP contribution in [0.3, 0.4) is 0 Å². The molecule has 0 spiro atoms. The molecule has 0 atom stereocenters. The molecular weight excluding hydrogens is 222 g/mol. The van der Waals surface area contributed by atoms with E-state index in [1.165, 1.54) is 25.8 Å². The molecule has 0 unspecified atom stereocenters. The molecule has 0 aliphatic rings. The zero-order valence-corrected chi connectivity index (χ0v) is 11.7. The minimum atomic E-state index is 0.815. The van der Waals surface area contributed by atoms with Gasteiger partial charge in [-0.3, -0.25) is 0 Å². The van der Waals surface area contributed by atoms with Gasteiger partial charge in [-0.05, 0) is 51.2 Å². The quantitative estimate of drug-likeness (QED) is 0.615. The summed E-state index contributed by atoms with van der Waals surface area (Å²) in [5, 5.41) is 0. The van der Waals surface area contributed by atoms with Crippen molar-refractivity contribution in [2.45, 2.75) is 25.7 Å². The van der Waals surface area contributed by atoms with Gasteiger partial charge < -0.3 is 9.64 Å². The van der Waals surface area contributed by atoms with Gasteiger partial charge in [-0.15, -0.1) is 0 Å². The lowest BCUT2D eigenvalue weighted by Gasteiger charge is -2.09. The number of ether oxygens (including phenoxy) is 1. The van der Waals surface area contributed by atoms with E-state index in [0.717, 1.165) is 24.3 Å². The minimum absolute atomic E-state index is 0.815. The van der Waals surface area contributed by atoms with Crippen molar-refractivity contribution in [1.82, 2.24) is 4.90 Å². The topological polar surface area (TPSA) is 12.5 Å². The first-order chi connectivity index (χ1) is 8.72. The second-order valence-corrected chi connectivity index (χ2v) is 4.84. The monoisotopic (exact) mass is 247 g/mol. The molecule has 18 heavy (non-hydrogen) atoms. The van der Waals surface area contributed by atoms with Gasteiger partial charge in [-0.2, -0.15) is 0 Å². The van der Waals surface area contributed by atoms with Crippen molar-refractivity contribution in [3.8, 4) is 5.75 Å². The maximum Gasteiger partial charge on any atom is 0.119 e. The Hall–Kier alpha value is -1.28. The van der Waals surface area contributed by atoms with Crippen molar-refractivity contribution in [1.29, 1.82) is 0 Å². The van der Waals surface area contributed by atoms with Gasteiger partial charge in [0.25, 0.3) is 0 Å². The predicted octanol–water partition coefficient (Wildman–Crippen LogP) is 3.83. The van der Waals surface area contributed by atoms with Crippen LogP contribution in [0.5, 0.6) is 5.75 Å². The summed E-state index contributed by atoms with van der Waals surface area (Å²) in [5.41, 5.74) is 1.13. The summed E-state index contributed by atoms with van der Waals surface area (Å²) in [6.45, 7) is 5.73. The highest BCUT2D eigenvalue weighted by atomic mass is 16.5. The van der Waals surface area contributed by atoms with Crippen LogP contribution in [0.15, 0.2) is 30.8 Å². The van der Waals surface area contributed by atoms with E-state index in [4.69, 9.17) is 4.74 Å². The van der Waals surface area contributed by atoms with Gasteiger partial charge >= 0.3 is 0 Å². The summed E-state index contributed by atoms with van der Waals surface area (Å²) in [5.74, 6) is 0.953. The van der Waals surface area contributed by atoms with E-state index in [9.17, 15) is 0 Å². The maximum atomic E-state index is 5.69. The van der Waals surface area contributed by atoms with E-state index in [-0.39, 0.29) is 0 Å². The van der Waals surface area contributed by atoms with Crippen LogP contribution in [-0.2, 0) is 0 Å².